The van der Waals surface area contributed by atoms with Gasteiger partial charge in [0.1, 0.15) is 5.75 Å². The molecule has 1 aromatic rings. The fourth-order valence-electron chi connectivity index (χ4n) is 3.70. The molecule has 2 saturated heterocycles. The third-order valence-corrected chi connectivity index (χ3v) is 5.12. The monoisotopic (exact) mass is 331 g/mol. The Morgan fingerprint density at radius 1 is 1.29 bits per heavy atom. The Bertz CT molecular complexity index is 562. The van der Waals surface area contributed by atoms with Gasteiger partial charge in [-0.05, 0) is 45.0 Å². The van der Waals surface area contributed by atoms with Crippen molar-refractivity contribution in [2.24, 2.45) is 0 Å². The summed E-state index contributed by atoms with van der Waals surface area (Å²) in [6, 6.07) is 6.52. The second kappa shape index (κ2) is 8.10. The third-order valence-electron chi connectivity index (χ3n) is 5.12. The lowest BCUT2D eigenvalue weighted by Gasteiger charge is -2.38. The van der Waals surface area contributed by atoms with Crippen LogP contribution in [0.4, 0.5) is 0 Å². The number of benzene rings is 1. The molecule has 2 heterocycles. The summed E-state index contributed by atoms with van der Waals surface area (Å²) in [6.07, 6.45) is 1.27. The maximum Gasteiger partial charge on any atom is 0.159 e. The number of ether oxygens (including phenoxy) is 1. The number of rotatable bonds is 6. The number of nitrogens with zero attached hydrogens (tertiary/aromatic N) is 2. The van der Waals surface area contributed by atoms with Gasteiger partial charge in [-0.3, -0.25) is 14.6 Å². The first-order valence-electron chi connectivity index (χ1n) is 9.11. The van der Waals surface area contributed by atoms with Crippen LogP contribution in [-0.2, 0) is 6.54 Å². The molecule has 1 unspecified atom stereocenters. The van der Waals surface area contributed by atoms with Crippen molar-refractivity contribution < 1.29 is 9.53 Å². The minimum atomic E-state index is 0.109. The average molecular weight is 331 g/mol. The minimum absolute atomic E-state index is 0.109. The largest absolute Gasteiger partial charge is 0.494 e. The minimum Gasteiger partial charge on any atom is -0.494 e. The second-order valence-electron chi connectivity index (χ2n) is 6.77. The highest BCUT2D eigenvalue weighted by Gasteiger charge is 2.26. The summed E-state index contributed by atoms with van der Waals surface area (Å²) in [5, 5.41) is 3.46. The summed E-state index contributed by atoms with van der Waals surface area (Å²) in [6.45, 7) is 11.8. The fraction of sp³-hybridized carbons (Fsp3) is 0.632. The molecule has 5 nitrogen and oxygen atoms in total. The third kappa shape index (κ3) is 4.15. The number of carbonyl (C=O) groups is 1. The van der Waals surface area contributed by atoms with Gasteiger partial charge >= 0.3 is 0 Å². The molecule has 0 amide bonds. The molecule has 2 fully saturated rings. The Morgan fingerprint density at radius 3 is 2.71 bits per heavy atom. The summed E-state index contributed by atoms with van der Waals surface area (Å²) in [4.78, 5) is 16.8. The van der Waals surface area contributed by atoms with E-state index in [0.717, 1.165) is 62.7 Å². The Kier molecular flexibility index (Phi) is 5.87. The molecule has 0 spiro atoms. The topological polar surface area (TPSA) is 44.8 Å². The van der Waals surface area contributed by atoms with Crippen molar-refractivity contribution in [1.29, 1.82) is 0 Å². The van der Waals surface area contributed by atoms with Crippen LogP contribution in [0.3, 0.4) is 0 Å². The fourth-order valence-corrected chi connectivity index (χ4v) is 3.70. The number of hydrogen-bond donors (Lipinski definition) is 1. The predicted octanol–water partition coefficient (Wildman–Crippen LogP) is 1.77. The molecule has 132 valence electrons. The Morgan fingerprint density at radius 2 is 2.08 bits per heavy atom. The predicted molar refractivity (Wildman–Crippen MR) is 95.7 cm³/mol. The summed E-state index contributed by atoms with van der Waals surface area (Å²) in [5.74, 6) is 1.02. The van der Waals surface area contributed by atoms with Crippen LogP contribution in [0.15, 0.2) is 18.2 Å². The van der Waals surface area contributed by atoms with Crippen LogP contribution >= 0.6 is 0 Å². The van der Waals surface area contributed by atoms with Gasteiger partial charge in [0.2, 0.25) is 0 Å². The van der Waals surface area contributed by atoms with E-state index in [4.69, 9.17) is 4.74 Å². The Balaban J connectivity index is 1.62. The van der Waals surface area contributed by atoms with E-state index in [-0.39, 0.29) is 5.78 Å². The van der Waals surface area contributed by atoms with Crippen molar-refractivity contribution in [3.05, 3.63) is 29.3 Å². The maximum atomic E-state index is 11.7. The molecule has 0 saturated carbocycles. The number of ketones is 1. The first-order valence-corrected chi connectivity index (χ1v) is 9.11. The van der Waals surface area contributed by atoms with Crippen LogP contribution < -0.4 is 10.1 Å². The van der Waals surface area contributed by atoms with Crippen molar-refractivity contribution in [1.82, 2.24) is 15.1 Å². The average Bonchev–Trinajstić information content (AvgIpc) is 3.11. The molecule has 0 aliphatic carbocycles. The summed E-state index contributed by atoms with van der Waals surface area (Å²) < 4.78 is 5.76. The normalized spacial score (nSPS) is 22.7. The maximum absolute atomic E-state index is 11.7. The first kappa shape index (κ1) is 17.4. The zero-order valence-corrected chi connectivity index (χ0v) is 14.9. The molecule has 0 aromatic heterocycles. The van der Waals surface area contributed by atoms with Gasteiger partial charge in [-0.15, -0.1) is 0 Å². The molecule has 0 radical (unpaired) electrons. The lowest BCUT2D eigenvalue weighted by atomic mass is 10.1. The van der Waals surface area contributed by atoms with Gasteiger partial charge in [0, 0.05) is 56.4 Å². The van der Waals surface area contributed by atoms with E-state index in [1.54, 1.807) is 6.92 Å². The molecule has 3 rings (SSSR count). The van der Waals surface area contributed by atoms with Crippen LogP contribution in [0.2, 0.25) is 0 Å². The number of nitrogens with one attached hydrogen (secondary N) is 1. The number of carbonyl (C=O) groups excluding carboxylic acids is 1. The van der Waals surface area contributed by atoms with Crippen molar-refractivity contribution in [2.45, 2.75) is 32.9 Å². The van der Waals surface area contributed by atoms with Gasteiger partial charge in [0.15, 0.2) is 5.78 Å². The van der Waals surface area contributed by atoms with E-state index in [1.807, 2.05) is 25.1 Å². The molecule has 0 bridgehead atoms. The smallest absolute Gasteiger partial charge is 0.159 e. The van der Waals surface area contributed by atoms with Gasteiger partial charge < -0.3 is 10.1 Å². The van der Waals surface area contributed by atoms with Crippen LogP contribution in [0, 0.1) is 0 Å². The van der Waals surface area contributed by atoms with Crippen molar-refractivity contribution in [3.8, 4) is 5.75 Å². The van der Waals surface area contributed by atoms with Crippen molar-refractivity contribution >= 4 is 5.78 Å². The highest BCUT2D eigenvalue weighted by molar-refractivity contribution is 5.94. The van der Waals surface area contributed by atoms with Gasteiger partial charge in [-0.1, -0.05) is 0 Å². The molecular weight excluding hydrogens is 302 g/mol. The van der Waals surface area contributed by atoms with Crippen LogP contribution in [-0.4, -0.2) is 67.5 Å². The van der Waals surface area contributed by atoms with E-state index in [1.165, 1.54) is 6.42 Å². The van der Waals surface area contributed by atoms with Gasteiger partial charge in [-0.2, -0.15) is 0 Å². The lowest BCUT2D eigenvalue weighted by molar-refractivity contribution is 0.0972. The van der Waals surface area contributed by atoms with Gasteiger partial charge in [0.25, 0.3) is 0 Å². The molecular formula is C19H29N3O2. The van der Waals surface area contributed by atoms with Crippen molar-refractivity contribution in [3.63, 3.8) is 0 Å². The zero-order chi connectivity index (χ0) is 16.9. The number of Topliss-reactive ketones (excluding diaryl/α,β-unsaturated/α-hetero) is 1. The molecule has 2 aliphatic heterocycles. The summed E-state index contributed by atoms with van der Waals surface area (Å²) in [7, 11) is 0. The van der Waals surface area contributed by atoms with E-state index in [0.29, 0.717) is 12.6 Å². The van der Waals surface area contributed by atoms with E-state index in [9.17, 15) is 4.79 Å². The second-order valence-corrected chi connectivity index (χ2v) is 6.77. The van der Waals surface area contributed by atoms with E-state index in [2.05, 4.69) is 15.1 Å². The molecule has 5 heteroatoms. The summed E-state index contributed by atoms with van der Waals surface area (Å²) in [5.41, 5.74) is 1.89. The summed E-state index contributed by atoms with van der Waals surface area (Å²) >= 11 is 0. The molecule has 24 heavy (non-hydrogen) atoms. The number of piperazine rings is 1. The Labute approximate surface area is 145 Å². The lowest BCUT2D eigenvalue weighted by Crippen LogP contribution is -2.50. The first-order chi connectivity index (χ1) is 11.7. The van der Waals surface area contributed by atoms with Gasteiger partial charge in [-0.25, -0.2) is 0 Å². The van der Waals surface area contributed by atoms with Crippen LogP contribution in [0.5, 0.6) is 5.75 Å². The number of hydrogen-bond acceptors (Lipinski definition) is 5. The molecule has 2 aliphatic rings. The molecule has 1 N–H and O–H groups in total. The van der Waals surface area contributed by atoms with E-state index < -0.39 is 0 Å². The Hall–Kier alpha value is -1.43. The highest BCUT2D eigenvalue weighted by Crippen LogP contribution is 2.23. The SMILES string of the molecule is CCOc1ccc(C(C)=O)cc1CN1CCN(C2CCNC2)CC1. The quantitative estimate of drug-likeness (QED) is 0.805. The van der Waals surface area contributed by atoms with Crippen LogP contribution in [0.1, 0.15) is 36.2 Å². The van der Waals surface area contributed by atoms with Gasteiger partial charge in [0.05, 0.1) is 6.61 Å². The van der Waals surface area contributed by atoms with Crippen molar-refractivity contribution in [2.75, 3.05) is 45.9 Å². The van der Waals surface area contributed by atoms with Crippen LogP contribution in [0.25, 0.3) is 0 Å². The standard InChI is InChI=1S/C19H29N3O2/c1-3-24-19-5-4-16(15(2)23)12-17(19)14-21-8-10-22(11-9-21)18-6-7-20-13-18/h4-5,12,18,20H,3,6-11,13-14H2,1-2H3. The molecule has 1 atom stereocenters. The zero-order valence-electron chi connectivity index (χ0n) is 14.9. The molecule has 1 aromatic carbocycles. The van der Waals surface area contributed by atoms with E-state index >= 15 is 0 Å². The highest BCUT2D eigenvalue weighted by atomic mass is 16.5.